The van der Waals surface area contributed by atoms with E-state index in [2.05, 4.69) is 15.5 Å². The van der Waals surface area contributed by atoms with Crippen LogP contribution in [0.3, 0.4) is 0 Å². The fourth-order valence-corrected chi connectivity index (χ4v) is 3.41. The number of likely N-dealkylation sites (tertiary alicyclic amines) is 1. The molecule has 0 bridgehead atoms. The van der Waals surface area contributed by atoms with Gasteiger partial charge in [0.15, 0.2) is 5.82 Å². The highest BCUT2D eigenvalue weighted by atomic mass is 16.5. The number of carbonyl (C=O) groups is 2. The number of rotatable bonds is 7. The van der Waals surface area contributed by atoms with Crippen molar-refractivity contribution in [1.82, 2.24) is 20.4 Å². The Bertz CT molecular complexity index is 620. The third-order valence-corrected chi connectivity index (χ3v) is 5.37. The molecule has 2 amide bonds. The summed E-state index contributed by atoms with van der Waals surface area (Å²) in [5.41, 5.74) is 0. The van der Waals surface area contributed by atoms with Crippen molar-refractivity contribution in [3.8, 4) is 0 Å². The molecular weight excluding hydrogens is 336 g/mol. The van der Waals surface area contributed by atoms with Crippen molar-refractivity contribution in [2.24, 2.45) is 11.8 Å². The van der Waals surface area contributed by atoms with Crippen LogP contribution in [0, 0.1) is 11.8 Å². The van der Waals surface area contributed by atoms with Gasteiger partial charge in [0.25, 0.3) is 0 Å². The summed E-state index contributed by atoms with van der Waals surface area (Å²) in [4.78, 5) is 31.0. The molecule has 1 aliphatic carbocycles. The molecule has 144 valence electrons. The van der Waals surface area contributed by atoms with Gasteiger partial charge in [0.05, 0.1) is 6.61 Å². The number of amides is 2. The number of hydrogen-bond donors (Lipinski definition) is 1. The van der Waals surface area contributed by atoms with Gasteiger partial charge in [0.2, 0.25) is 17.7 Å². The Morgan fingerprint density at radius 2 is 2.00 bits per heavy atom. The van der Waals surface area contributed by atoms with Gasteiger partial charge in [-0.15, -0.1) is 0 Å². The molecule has 3 rings (SSSR count). The molecule has 1 saturated heterocycles. The summed E-state index contributed by atoms with van der Waals surface area (Å²) in [7, 11) is 1.62. The Morgan fingerprint density at radius 3 is 2.62 bits per heavy atom. The van der Waals surface area contributed by atoms with E-state index in [1.807, 2.05) is 11.8 Å². The second kappa shape index (κ2) is 8.62. The SMILES string of the molecule is COCCc1noc(C(C)NC(=O)C2CCN(C(=O)C3CCC3)CC2)n1. The first-order valence-electron chi connectivity index (χ1n) is 9.49. The van der Waals surface area contributed by atoms with Crippen LogP contribution >= 0.6 is 0 Å². The van der Waals surface area contributed by atoms with E-state index in [0.717, 1.165) is 19.3 Å². The first kappa shape index (κ1) is 18.8. The van der Waals surface area contributed by atoms with Crippen LogP contribution in [0.2, 0.25) is 0 Å². The predicted molar refractivity (Wildman–Crippen MR) is 93.1 cm³/mol. The van der Waals surface area contributed by atoms with E-state index < -0.39 is 0 Å². The molecule has 1 N–H and O–H groups in total. The number of nitrogens with zero attached hydrogens (tertiary/aromatic N) is 3. The maximum absolute atomic E-state index is 12.5. The third-order valence-electron chi connectivity index (χ3n) is 5.37. The average molecular weight is 364 g/mol. The highest BCUT2D eigenvalue weighted by Gasteiger charge is 2.33. The van der Waals surface area contributed by atoms with Gasteiger partial charge in [-0.2, -0.15) is 4.98 Å². The van der Waals surface area contributed by atoms with Crippen molar-refractivity contribution in [3.63, 3.8) is 0 Å². The fraction of sp³-hybridized carbons (Fsp3) is 0.778. The fourth-order valence-electron chi connectivity index (χ4n) is 3.41. The maximum Gasteiger partial charge on any atom is 0.248 e. The van der Waals surface area contributed by atoms with Crippen LogP contribution in [0.1, 0.15) is 56.8 Å². The number of carbonyl (C=O) groups excluding carboxylic acids is 2. The summed E-state index contributed by atoms with van der Waals surface area (Å²) >= 11 is 0. The molecule has 2 fully saturated rings. The zero-order valence-electron chi connectivity index (χ0n) is 15.6. The Kier molecular flexibility index (Phi) is 6.24. The molecule has 1 aromatic heterocycles. The van der Waals surface area contributed by atoms with E-state index >= 15 is 0 Å². The molecule has 1 atom stereocenters. The van der Waals surface area contributed by atoms with Gasteiger partial charge in [0, 0.05) is 38.5 Å². The number of aromatic nitrogens is 2. The average Bonchev–Trinajstić information content (AvgIpc) is 3.07. The summed E-state index contributed by atoms with van der Waals surface area (Å²) in [5, 5.41) is 6.85. The highest BCUT2D eigenvalue weighted by molar-refractivity contribution is 5.81. The zero-order valence-corrected chi connectivity index (χ0v) is 15.6. The number of nitrogens with one attached hydrogen (secondary N) is 1. The molecule has 2 aliphatic rings. The van der Waals surface area contributed by atoms with Crippen molar-refractivity contribution in [2.75, 3.05) is 26.8 Å². The molecule has 8 nitrogen and oxygen atoms in total. The number of methoxy groups -OCH3 is 1. The van der Waals surface area contributed by atoms with Gasteiger partial charge in [-0.05, 0) is 32.6 Å². The monoisotopic (exact) mass is 364 g/mol. The molecular formula is C18H28N4O4. The Hall–Kier alpha value is -1.96. The topological polar surface area (TPSA) is 97.6 Å². The van der Waals surface area contributed by atoms with Crippen LogP contribution in [-0.2, 0) is 20.7 Å². The van der Waals surface area contributed by atoms with Crippen LogP contribution in [0.5, 0.6) is 0 Å². The second-order valence-electron chi connectivity index (χ2n) is 7.25. The summed E-state index contributed by atoms with van der Waals surface area (Å²) < 4.78 is 10.2. The summed E-state index contributed by atoms with van der Waals surface area (Å²) in [5.74, 6) is 1.40. The van der Waals surface area contributed by atoms with Crippen LogP contribution in [-0.4, -0.2) is 53.7 Å². The molecule has 2 heterocycles. The standard InChI is InChI=1S/C18H28N4O4/c1-12(17-20-15(21-26-17)8-11-25-2)19-16(23)13-6-9-22(10-7-13)18(24)14-4-3-5-14/h12-14H,3-11H2,1-2H3,(H,19,23). The van der Waals surface area contributed by atoms with Gasteiger partial charge >= 0.3 is 0 Å². The maximum atomic E-state index is 12.5. The molecule has 0 spiro atoms. The lowest BCUT2D eigenvalue weighted by Gasteiger charge is -2.36. The van der Waals surface area contributed by atoms with Crippen LogP contribution < -0.4 is 5.32 Å². The lowest BCUT2D eigenvalue weighted by Crippen LogP contribution is -2.46. The van der Waals surface area contributed by atoms with Gasteiger partial charge in [-0.3, -0.25) is 9.59 Å². The molecule has 1 aromatic rings. The lowest BCUT2D eigenvalue weighted by molar-refractivity contribution is -0.141. The van der Waals surface area contributed by atoms with Gasteiger partial charge in [-0.25, -0.2) is 0 Å². The molecule has 8 heteroatoms. The summed E-state index contributed by atoms with van der Waals surface area (Å²) in [6, 6.07) is -0.332. The Labute approximate surface area is 153 Å². The molecule has 1 aliphatic heterocycles. The van der Waals surface area contributed by atoms with Crippen LogP contribution in [0.25, 0.3) is 0 Å². The molecule has 0 radical (unpaired) electrons. The van der Waals surface area contributed by atoms with Crippen LogP contribution in [0.4, 0.5) is 0 Å². The van der Waals surface area contributed by atoms with Gasteiger partial charge in [-0.1, -0.05) is 11.6 Å². The first-order valence-corrected chi connectivity index (χ1v) is 9.49. The smallest absolute Gasteiger partial charge is 0.248 e. The molecule has 26 heavy (non-hydrogen) atoms. The van der Waals surface area contributed by atoms with E-state index in [0.29, 0.717) is 50.7 Å². The van der Waals surface area contributed by atoms with Gasteiger partial charge in [0.1, 0.15) is 6.04 Å². The largest absolute Gasteiger partial charge is 0.384 e. The number of hydrogen-bond acceptors (Lipinski definition) is 6. The quantitative estimate of drug-likeness (QED) is 0.787. The normalized spacial score (nSPS) is 19.8. The predicted octanol–water partition coefficient (Wildman–Crippen LogP) is 1.47. The molecule has 0 aromatic carbocycles. The van der Waals surface area contributed by atoms with Crippen molar-refractivity contribution >= 4 is 11.8 Å². The van der Waals surface area contributed by atoms with E-state index in [-0.39, 0.29) is 29.7 Å². The third kappa shape index (κ3) is 4.41. The van der Waals surface area contributed by atoms with E-state index in [4.69, 9.17) is 9.26 Å². The van der Waals surface area contributed by atoms with Crippen molar-refractivity contribution in [3.05, 3.63) is 11.7 Å². The van der Waals surface area contributed by atoms with Crippen molar-refractivity contribution in [2.45, 2.75) is 51.5 Å². The van der Waals surface area contributed by atoms with Gasteiger partial charge < -0.3 is 19.5 Å². The van der Waals surface area contributed by atoms with E-state index in [1.54, 1.807) is 7.11 Å². The number of piperidine rings is 1. The van der Waals surface area contributed by atoms with E-state index in [1.165, 1.54) is 0 Å². The minimum absolute atomic E-state index is 0.00937. The Balaban J connectivity index is 1.44. The summed E-state index contributed by atoms with van der Waals surface area (Å²) in [6.45, 7) is 3.70. The van der Waals surface area contributed by atoms with Crippen molar-refractivity contribution < 1.29 is 18.8 Å². The minimum Gasteiger partial charge on any atom is -0.384 e. The van der Waals surface area contributed by atoms with Crippen LogP contribution in [0.15, 0.2) is 4.52 Å². The highest BCUT2D eigenvalue weighted by Crippen LogP contribution is 2.30. The van der Waals surface area contributed by atoms with Crippen molar-refractivity contribution in [1.29, 1.82) is 0 Å². The summed E-state index contributed by atoms with van der Waals surface area (Å²) in [6.07, 6.45) is 5.20. The first-order chi connectivity index (χ1) is 12.6. The number of ether oxygens (including phenoxy) is 1. The zero-order chi connectivity index (χ0) is 18.5. The van der Waals surface area contributed by atoms with E-state index in [9.17, 15) is 9.59 Å². The lowest BCUT2D eigenvalue weighted by atomic mass is 9.83. The molecule has 1 unspecified atom stereocenters. The Morgan fingerprint density at radius 1 is 1.27 bits per heavy atom. The minimum atomic E-state index is -0.332. The molecule has 1 saturated carbocycles. The second-order valence-corrected chi connectivity index (χ2v) is 7.25.